The smallest absolute Gasteiger partial charge is 0.323 e. The second-order valence-electron chi connectivity index (χ2n) is 7.27. The van der Waals surface area contributed by atoms with Gasteiger partial charge in [-0.1, -0.05) is 23.7 Å². The Kier molecular flexibility index (Phi) is 5.04. The highest BCUT2D eigenvalue weighted by Crippen LogP contribution is 2.47. The van der Waals surface area contributed by atoms with Crippen LogP contribution < -0.4 is 0 Å². The number of hydrogen-bond donors (Lipinski definition) is 1. The van der Waals surface area contributed by atoms with Crippen LogP contribution in [0.2, 0.25) is 5.02 Å². The SMILES string of the molecule is OC(Cn1cnnn1)(c1ccc(Cl)cc1F)C(F)(F)c1ccc(CC2CC2)cn1. The van der Waals surface area contributed by atoms with E-state index in [2.05, 4.69) is 20.5 Å². The number of aromatic nitrogens is 5. The molecule has 1 fully saturated rings. The predicted molar refractivity (Wildman–Crippen MR) is 97.7 cm³/mol. The summed E-state index contributed by atoms with van der Waals surface area (Å²) in [6, 6.07) is 5.84. The van der Waals surface area contributed by atoms with Gasteiger partial charge in [0, 0.05) is 16.8 Å². The van der Waals surface area contributed by atoms with E-state index in [0.29, 0.717) is 5.92 Å². The molecule has 1 aliphatic carbocycles. The minimum absolute atomic E-state index is 0.0156. The van der Waals surface area contributed by atoms with E-state index in [0.717, 1.165) is 54.0 Å². The van der Waals surface area contributed by atoms with Crippen molar-refractivity contribution >= 4 is 11.6 Å². The van der Waals surface area contributed by atoms with Crippen LogP contribution in [0.1, 0.15) is 29.7 Å². The molecule has 1 atom stereocenters. The van der Waals surface area contributed by atoms with Gasteiger partial charge in [0.1, 0.15) is 17.8 Å². The molecule has 29 heavy (non-hydrogen) atoms. The molecule has 6 nitrogen and oxygen atoms in total. The maximum atomic E-state index is 15.6. The van der Waals surface area contributed by atoms with E-state index in [1.165, 1.54) is 12.3 Å². The lowest BCUT2D eigenvalue weighted by molar-refractivity contribution is -0.207. The van der Waals surface area contributed by atoms with E-state index < -0.39 is 35.1 Å². The first-order valence-electron chi connectivity index (χ1n) is 9.01. The molecular weight excluding hydrogens is 407 g/mol. The lowest BCUT2D eigenvalue weighted by atomic mass is 9.84. The fourth-order valence-corrected chi connectivity index (χ4v) is 3.42. The summed E-state index contributed by atoms with van der Waals surface area (Å²) in [5.74, 6) is -4.45. The van der Waals surface area contributed by atoms with E-state index in [4.69, 9.17) is 11.6 Å². The second-order valence-corrected chi connectivity index (χ2v) is 7.70. The van der Waals surface area contributed by atoms with Crippen molar-refractivity contribution in [2.24, 2.45) is 5.92 Å². The standard InChI is InChI=1S/C19H17ClF3N5O/c20-14-4-5-15(16(21)8-14)18(29,10-28-11-25-26-27-28)19(22,23)17-6-3-13(9-24-17)7-12-1-2-12/h3-6,8-9,11-12,29H,1-2,7,10H2. The Labute approximate surface area is 169 Å². The van der Waals surface area contributed by atoms with Gasteiger partial charge in [0.05, 0.1) is 6.54 Å². The number of pyridine rings is 1. The summed E-state index contributed by atoms with van der Waals surface area (Å²) in [4.78, 5) is 3.88. The van der Waals surface area contributed by atoms with E-state index in [-0.39, 0.29) is 5.02 Å². The molecule has 10 heteroatoms. The maximum Gasteiger partial charge on any atom is 0.323 e. The number of tetrazole rings is 1. The molecule has 1 aliphatic rings. The Morgan fingerprint density at radius 2 is 2.00 bits per heavy atom. The summed E-state index contributed by atoms with van der Waals surface area (Å²) in [7, 11) is 0. The predicted octanol–water partition coefficient (Wildman–Crippen LogP) is 3.49. The molecule has 0 radical (unpaired) electrons. The fraction of sp³-hybridized carbons (Fsp3) is 0.368. The van der Waals surface area contributed by atoms with Crippen molar-refractivity contribution in [3.63, 3.8) is 0 Å². The van der Waals surface area contributed by atoms with Crippen LogP contribution in [0.3, 0.4) is 0 Å². The number of benzene rings is 1. The molecular formula is C19H17ClF3N5O. The number of nitrogens with zero attached hydrogens (tertiary/aromatic N) is 5. The van der Waals surface area contributed by atoms with Gasteiger partial charge in [0.15, 0.2) is 5.60 Å². The van der Waals surface area contributed by atoms with Crippen molar-refractivity contribution in [2.45, 2.75) is 37.3 Å². The van der Waals surface area contributed by atoms with Crippen molar-refractivity contribution in [3.05, 3.63) is 70.5 Å². The van der Waals surface area contributed by atoms with Gasteiger partial charge < -0.3 is 5.11 Å². The molecule has 3 aromatic rings. The van der Waals surface area contributed by atoms with Crippen LogP contribution in [0.15, 0.2) is 42.9 Å². The average molecular weight is 424 g/mol. The Balaban J connectivity index is 1.75. The van der Waals surface area contributed by atoms with Gasteiger partial charge in [0.2, 0.25) is 0 Å². The summed E-state index contributed by atoms with van der Waals surface area (Å²) in [5.41, 5.74) is -3.48. The quantitative estimate of drug-likeness (QED) is 0.629. The topological polar surface area (TPSA) is 76.7 Å². The first-order valence-corrected chi connectivity index (χ1v) is 9.39. The zero-order chi connectivity index (χ0) is 20.6. The Morgan fingerprint density at radius 3 is 2.59 bits per heavy atom. The largest absolute Gasteiger partial charge is 0.377 e. The minimum atomic E-state index is -3.95. The van der Waals surface area contributed by atoms with Crippen LogP contribution in [-0.2, 0) is 24.5 Å². The van der Waals surface area contributed by atoms with Crippen LogP contribution in [0.25, 0.3) is 0 Å². The average Bonchev–Trinajstić information content (AvgIpc) is 3.34. The third kappa shape index (κ3) is 3.84. The molecule has 1 aromatic carbocycles. The lowest BCUT2D eigenvalue weighted by Gasteiger charge is -2.35. The molecule has 2 heterocycles. The van der Waals surface area contributed by atoms with Crippen LogP contribution >= 0.6 is 11.6 Å². The fourth-order valence-electron chi connectivity index (χ4n) is 3.26. The van der Waals surface area contributed by atoms with Crippen LogP contribution in [0, 0.1) is 11.7 Å². The number of hydrogen-bond acceptors (Lipinski definition) is 5. The monoisotopic (exact) mass is 423 g/mol. The van der Waals surface area contributed by atoms with Crippen molar-refractivity contribution in [1.29, 1.82) is 0 Å². The van der Waals surface area contributed by atoms with Gasteiger partial charge in [0.25, 0.3) is 0 Å². The molecule has 2 aromatic heterocycles. The number of halogens is 4. The molecule has 0 aliphatic heterocycles. The van der Waals surface area contributed by atoms with Gasteiger partial charge in [-0.2, -0.15) is 8.78 Å². The first-order chi connectivity index (χ1) is 13.8. The van der Waals surface area contributed by atoms with E-state index in [9.17, 15) is 9.50 Å². The summed E-state index contributed by atoms with van der Waals surface area (Å²) < 4.78 is 46.6. The van der Waals surface area contributed by atoms with Crippen molar-refractivity contribution < 1.29 is 18.3 Å². The third-order valence-electron chi connectivity index (χ3n) is 5.05. The highest BCUT2D eigenvalue weighted by atomic mass is 35.5. The van der Waals surface area contributed by atoms with Gasteiger partial charge >= 0.3 is 5.92 Å². The molecule has 0 spiro atoms. The molecule has 1 unspecified atom stereocenters. The third-order valence-corrected chi connectivity index (χ3v) is 5.28. The summed E-state index contributed by atoms with van der Waals surface area (Å²) >= 11 is 5.75. The molecule has 1 N–H and O–H groups in total. The molecule has 0 bridgehead atoms. The Morgan fingerprint density at radius 1 is 1.21 bits per heavy atom. The minimum Gasteiger partial charge on any atom is -0.377 e. The van der Waals surface area contributed by atoms with Crippen molar-refractivity contribution in [3.8, 4) is 0 Å². The Bertz CT molecular complexity index is 996. The van der Waals surface area contributed by atoms with Gasteiger partial charge in [-0.15, -0.1) is 5.10 Å². The molecule has 152 valence electrons. The number of aliphatic hydroxyl groups is 1. The van der Waals surface area contributed by atoms with Crippen LogP contribution in [0.4, 0.5) is 13.2 Å². The summed E-state index contributed by atoms with van der Waals surface area (Å²) in [6.07, 6.45) is 5.46. The maximum absolute atomic E-state index is 15.6. The first kappa shape index (κ1) is 19.8. The van der Waals surface area contributed by atoms with Crippen molar-refractivity contribution in [2.75, 3.05) is 0 Å². The lowest BCUT2D eigenvalue weighted by Crippen LogP contribution is -2.48. The molecule has 0 saturated heterocycles. The summed E-state index contributed by atoms with van der Waals surface area (Å²) in [5, 5.41) is 21.5. The van der Waals surface area contributed by atoms with E-state index in [1.54, 1.807) is 6.07 Å². The molecule has 4 rings (SSSR count). The zero-order valence-electron chi connectivity index (χ0n) is 15.1. The van der Waals surface area contributed by atoms with Crippen LogP contribution in [-0.4, -0.2) is 30.3 Å². The number of rotatable bonds is 7. The van der Waals surface area contributed by atoms with E-state index in [1.807, 2.05) is 0 Å². The van der Waals surface area contributed by atoms with Crippen LogP contribution in [0.5, 0.6) is 0 Å². The Hall–Kier alpha value is -2.52. The normalized spacial score (nSPS) is 16.6. The van der Waals surface area contributed by atoms with Gasteiger partial charge in [-0.05, 0) is 59.4 Å². The van der Waals surface area contributed by atoms with Gasteiger partial charge in [-0.3, -0.25) is 4.98 Å². The summed E-state index contributed by atoms with van der Waals surface area (Å²) in [6.45, 7) is -0.795. The molecule has 0 amide bonds. The highest BCUT2D eigenvalue weighted by Gasteiger charge is 2.57. The molecule has 1 saturated carbocycles. The van der Waals surface area contributed by atoms with Crippen molar-refractivity contribution in [1.82, 2.24) is 25.2 Å². The number of alkyl halides is 2. The highest BCUT2D eigenvalue weighted by molar-refractivity contribution is 6.30. The van der Waals surface area contributed by atoms with E-state index >= 15 is 8.78 Å². The second kappa shape index (κ2) is 7.38. The zero-order valence-corrected chi connectivity index (χ0v) is 15.9. The van der Waals surface area contributed by atoms with Gasteiger partial charge in [-0.25, -0.2) is 9.07 Å².